The molecular formula is C11H22N2O4S. The molecule has 2 saturated heterocycles. The summed E-state index contributed by atoms with van der Waals surface area (Å²) in [6.07, 6.45) is 4.03. The highest BCUT2D eigenvalue weighted by atomic mass is 32.2. The number of rotatable bonds is 4. The van der Waals surface area contributed by atoms with Gasteiger partial charge in [0.25, 0.3) is 10.2 Å². The minimum absolute atomic E-state index is 0.0370. The Morgan fingerprint density at radius 3 is 2.61 bits per heavy atom. The lowest BCUT2D eigenvalue weighted by Gasteiger charge is -2.35. The first-order valence-corrected chi connectivity index (χ1v) is 8.05. The number of aliphatic hydroxyl groups is 1. The van der Waals surface area contributed by atoms with Crippen molar-refractivity contribution >= 4 is 10.2 Å². The van der Waals surface area contributed by atoms with Crippen LogP contribution in [0.3, 0.4) is 0 Å². The predicted molar refractivity (Wildman–Crippen MR) is 67.3 cm³/mol. The molecule has 2 aliphatic heterocycles. The van der Waals surface area contributed by atoms with E-state index in [0.717, 1.165) is 32.1 Å². The summed E-state index contributed by atoms with van der Waals surface area (Å²) < 4.78 is 33.9. The lowest BCUT2D eigenvalue weighted by atomic mass is 10.1. The molecular weight excluding hydrogens is 256 g/mol. The number of piperidine rings is 1. The van der Waals surface area contributed by atoms with Crippen LogP contribution in [0.1, 0.15) is 32.1 Å². The molecule has 2 aliphatic rings. The van der Waals surface area contributed by atoms with Crippen LogP contribution in [0.15, 0.2) is 0 Å². The number of nitrogens with one attached hydrogen (secondary N) is 1. The Hall–Kier alpha value is -0.210. The second-order valence-electron chi connectivity index (χ2n) is 4.95. The Balaban J connectivity index is 1.99. The first-order valence-electron chi connectivity index (χ1n) is 6.61. The molecule has 0 bridgehead atoms. The summed E-state index contributed by atoms with van der Waals surface area (Å²) in [6, 6.07) is -0.305. The van der Waals surface area contributed by atoms with Gasteiger partial charge in [0.05, 0.1) is 6.61 Å². The number of aliphatic hydroxyl groups excluding tert-OH is 1. The van der Waals surface area contributed by atoms with Crippen molar-refractivity contribution < 1.29 is 18.3 Å². The highest BCUT2D eigenvalue weighted by Gasteiger charge is 2.33. The van der Waals surface area contributed by atoms with E-state index >= 15 is 0 Å². The van der Waals surface area contributed by atoms with Crippen molar-refractivity contribution in [1.82, 2.24) is 9.03 Å². The normalized spacial score (nSPS) is 28.4. The monoisotopic (exact) mass is 278 g/mol. The molecule has 2 rings (SSSR count). The van der Waals surface area contributed by atoms with E-state index in [1.54, 1.807) is 0 Å². The molecule has 0 amide bonds. The highest BCUT2D eigenvalue weighted by molar-refractivity contribution is 7.87. The van der Waals surface area contributed by atoms with Crippen LogP contribution in [0.5, 0.6) is 0 Å². The molecule has 6 nitrogen and oxygen atoms in total. The molecule has 0 radical (unpaired) electrons. The lowest BCUT2D eigenvalue weighted by Crippen LogP contribution is -2.53. The maximum Gasteiger partial charge on any atom is 0.280 e. The smallest absolute Gasteiger partial charge is 0.280 e. The molecule has 2 fully saturated rings. The molecule has 2 heterocycles. The van der Waals surface area contributed by atoms with E-state index in [-0.39, 0.29) is 18.7 Å². The van der Waals surface area contributed by atoms with Gasteiger partial charge in [-0.2, -0.15) is 17.4 Å². The van der Waals surface area contributed by atoms with Crippen molar-refractivity contribution in [3.05, 3.63) is 0 Å². The molecule has 0 aromatic heterocycles. The number of ether oxygens (including phenoxy) is 1. The van der Waals surface area contributed by atoms with Crippen LogP contribution in [0, 0.1) is 0 Å². The van der Waals surface area contributed by atoms with Gasteiger partial charge in [0, 0.05) is 31.8 Å². The second kappa shape index (κ2) is 6.29. The van der Waals surface area contributed by atoms with Crippen LogP contribution in [-0.4, -0.2) is 56.3 Å². The van der Waals surface area contributed by atoms with E-state index in [4.69, 9.17) is 4.74 Å². The molecule has 1 atom stereocenters. The van der Waals surface area contributed by atoms with Gasteiger partial charge in [0.15, 0.2) is 0 Å². The summed E-state index contributed by atoms with van der Waals surface area (Å²) in [6.45, 7) is 1.62. The van der Waals surface area contributed by atoms with E-state index in [2.05, 4.69) is 4.72 Å². The zero-order valence-electron chi connectivity index (χ0n) is 10.5. The summed E-state index contributed by atoms with van der Waals surface area (Å²) >= 11 is 0. The SMILES string of the molecule is O=S(=O)(NC1CCOCC1)N1CCCCC1CO. The topological polar surface area (TPSA) is 78.9 Å². The molecule has 106 valence electrons. The van der Waals surface area contributed by atoms with E-state index in [1.807, 2.05) is 0 Å². The first-order chi connectivity index (χ1) is 8.63. The van der Waals surface area contributed by atoms with Crippen molar-refractivity contribution in [2.45, 2.75) is 44.2 Å². The summed E-state index contributed by atoms with van der Waals surface area (Å²) in [5, 5.41) is 9.28. The Morgan fingerprint density at radius 2 is 1.94 bits per heavy atom. The summed E-state index contributed by atoms with van der Waals surface area (Å²) in [5.74, 6) is 0. The number of hydrogen-bond acceptors (Lipinski definition) is 4. The van der Waals surface area contributed by atoms with Crippen LogP contribution in [-0.2, 0) is 14.9 Å². The molecule has 0 spiro atoms. The van der Waals surface area contributed by atoms with Crippen LogP contribution in [0.2, 0.25) is 0 Å². The summed E-state index contributed by atoms with van der Waals surface area (Å²) in [7, 11) is -3.48. The fraction of sp³-hybridized carbons (Fsp3) is 1.00. The third-order valence-corrected chi connectivity index (χ3v) is 5.36. The Labute approximate surface area is 108 Å². The van der Waals surface area contributed by atoms with Crippen molar-refractivity contribution in [3.63, 3.8) is 0 Å². The minimum atomic E-state index is -3.48. The Morgan fingerprint density at radius 1 is 1.22 bits per heavy atom. The Kier molecular flexibility index (Phi) is 4.97. The molecule has 0 aromatic carbocycles. The molecule has 7 heteroatoms. The second-order valence-corrected chi connectivity index (χ2v) is 6.61. The van der Waals surface area contributed by atoms with Gasteiger partial charge in [-0.05, 0) is 25.7 Å². The van der Waals surface area contributed by atoms with Gasteiger partial charge in [-0.3, -0.25) is 0 Å². The minimum Gasteiger partial charge on any atom is -0.395 e. The molecule has 2 N–H and O–H groups in total. The van der Waals surface area contributed by atoms with Crippen LogP contribution < -0.4 is 4.72 Å². The largest absolute Gasteiger partial charge is 0.395 e. The van der Waals surface area contributed by atoms with Gasteiger partial charge < -0.3 is 9.84 Å². The van der Waals surface area contributed by atoms with Crippen molar-refractivity contribution in [2.75, 3.05) is 26.4 Å². The standard InChI is InChI=1S/C11H22N2O4S/c14-9-11-3-1-2-6-13(11)18(15,16)12-10-4-7-17-8-5-10/h10-12,14H,1-9H2. The van der Waals surface area contributed by atoms with Gasteiger partial charge in [0.1, 0.15) is 0 Å². The van der Waals surface area contributed by atoms with Crippen molar-refractivity contribution in [2.24, 2.45) is 0 Å². The molecule has 1 unspecified atom stereocenters. The Bertz CT molecular complexity index is 354. The number of hydrogen-bond donors (Lipinski definition) is 2. The third-order valence-electron chi connectivity index (χ3n) is 3.63. The molecule has 0 saturated carbocycles. The number of nitrogens with zero attached hydrogens (tertiary/aromatic N) is 1. The molecule has 0 aliphatic carbocycles. The molecule has 18 heavy (non-hydrogen) atoms. The van der Waals surface area contributed by atoms with Crippen LogP contribution in [0.25, 0.3) is 0 Å². The van der Waals surface area contributed by atoms with E-state index in [9.17, 15) is 13.5 Å². The van der Waals surface area contributed by atoms with Gasteiger partial charge in [-0.25, -0.2) is 0 Å². The van der Waals surface area contributed by atoms with Crippen LogP contribution >= 0.6 is 0 Å². The molecule has 0 aromatic rings. The predicted octanol–water partition coefficient (Wildman–Crippen LogP) is -0.153. The van der Waals surface area contributed by atoms with Gasteiger partial charge in [-0.15, -0.1) is 0 Å². The van der Waals surface area contributed by atoms with E-state index in [0.29, 0.717) is 19.8 Å². The average molecular weight is 278 g/mol. The fourth-order valence-corrected chi connectivity index (χ4v) is 4.29. The fourth-order valence-electron chi connectivity index (χ4n) is 2.57. The quantitative estimate of drug-likeness (QED) is 0.749. The van der Waals surface area contributed by atoms with E-state index < -0.39 is 10.2 Å². The highest BCUT2D eigenvalue weighted by Crippen LogP contribution is 2.20. The first kappa shape index (κ1) is 14.2. The average Bonchev–Trinajstić information content (AvgIpc) is 2.39. The van der Waals surface area contributed by atoms with Crippen molar-refractivity contribution in [3.8, 4) is 0 Å². The van der Waals surface area contributed by atoms with Gasteiger partial charge in [0.2, 0.25) is 0 Å². The summed E-state index contributed by atoms with van der Waals surface area (Å²) in [5.41, 5.74) is 0. The lowest BCUT2D eigenvalue weighted by molar-refractivity contribution is 0.0820. The van der Waals surface area contributed by atoms with Gasteiger partial charge >= 0.3 is 0 Å². The maximum absolute atomic E-state index is 12.3. The summed E-state index contributed by atoms with van der Waals surface area (Å²) in [4.78, 5) is 0. The zero-order chi connectivity index (χ0) is 13.0. The zero-order valence-corrected chi connectivity index (χ0v) is 11.4. The van der Waals surface area contributed by atoms with Crippen molar-refractivity contribution in [1.29, 1.82) is 0 Å². The third kappa shape index (κ3) is 3.42. The maximum atomic E-state index is 12.3. The van der Waals surface area contributed by atoms with Gasteiger partial charge in [-0.1, -0.05) is 6.42 Å². The van der Waals surface area contributed by atoms with E-state index in [1.165, 1.54) is 4.31 Å². The van der Waals surface area contributed by atoms with Crippen LogP contribution in [0.4, 0.5) is 0 Å².